The van der Waals surface area contributed by atoms with Gasteiger partial charge in [-0.2, -0.15) is 0 Å². The number of hydrogen-bond donors (Lipinski definition) is 2. The molecule has 112 valence electrons. The molecule has 1 amide bonds. The predicted molar refractivity (Wildman–Crippen MR) is 82.3 cm³/mol. The minimum atomic E-state index is -0.596. The maximum atomic E-state index is 13.2. The van der Waals surface area contributed by atoms with Gasteiger partial charge in [-0.25, -0.2) is 4.39 Å². The van der Waals surface area contributed by atoms with Crippen molar-refractivity contribution >= 4 is 27.9 Å². The Labute approximate surface area is 125 Å². The molecule has 0 saturated heterocycles. The number of primary amides is 1. The second-order valence-corrected chi connectivity index (χ2v) is 5.53. The number of carbonyl (C=O) groups is 1. The van der Waals surface area contributed by atoms with E-state index in [0.29, 0.717) is 17.3 Å². The van der Waals surface area contributed by atoms with Crippen LogP contribution in [-0.2, 0) is 6.54 Å². The van der Waals surface area contributed by atoms with Crippen molar-refractivity contribution in [3.05, 3.63) is 40.5 Å². The number of halogens is 1. The number of amides is 1. The van der Waals surface area contributed by atoms with Gasteiger partial charge in [0.05, 0.1) is 7.11 Å². The Balaban J connectivity index is 2.32. The number of anilines is 2. The molecule has 7 heteroatoms. The highest BCUT2D eigenvalue weighted by atomic mass is 32.1. The highest BCUT2D eigenvalue weighted by Crippen LogP contribution is 2.44. The SMILES string of the molecule is COc1c(N(C)Cc2cccc(F)c2)sc(C(N)=O)c1N. The normalized spacial score (nSPS) is 10.4. The third-order valence-corrected chi connectivity index (χ3v) is 4.28. The van der Waals surface area contributed by atoms with Crippen LogP contribution in [0.15, 0.2) is 24.3 Å². The van der Waals surface area contributed by atoms with E-state index >= 15 is 0 Å². The number of nitrogens with two attached hydrogens (primary N) is 2. The summed E-state index contributed by atoms with van der Waals surface area (Å²) in [5.41, 5.74) is 12.2. The number of thiophene rings is 1. The second kappa shape index (κ2) is 6.01. The van der Waals surface area contributed by atoms with Crippen molar-refractivity contribution in [2.75, 3.05) is 24.8 Å². The molecule has 21 heavy (non-hydrogen) atoms. The fraction of sp³-hybridized carbons (Fsp3) is 0.214. The van der Waals surface area contributed by atoms with Crippen LogP contribution in [-0.4, -0.2) is 20.1 Å². The number of nitrogen functional groups attached to an aromatic ring is 1. The van der Waals surface area contributed by atoms with E-state index < -0.39 is 5.91 Å². The maximum absolute atomic E-state index is 13.2. The molecule has 1 aromatic carbocycles. The summed E-state index contributed by atoms with van der Waals surface area (Å²) in [5, 5.41) is 0.674. The van der Waals surface area contributed by atoms with E-state index in [4.69, 9.17) is 16.2 Å². The van der Waals surface area contributed by atoms with Crippen LogP contribution >= 0.6 is 11.3 Å². The van der Waals surface area contributed by atoms with Crippen LogP contribution in [0.2, 0.25) is 0 Å². The van der Waals surface area contributed by atoms with Crippen molar-refractivity contribution in [1.82, 2.24) is 0 Å². The minimum Gasteiger partial charge on any atom is -0.492 e. The number of benzene rings is 1. The van der Waals surface area contributed by atoms with E-state index in [2.05, 4.69) is 0 Å². The molecule has 0 fully saturated rings. The fourth-order valence-corrected chi connectivity index (χ4v) is 3.03. The number of carbonyl (C=O) groups excluding carboxylic acids is 1. The zero-order valence-electron chi connectivity index (χ0n) is 11.7. The van der Waals surface area contributed by atoms with Gasteiger partial charge in [-0.15, -0.1) is 11.3 Å². The summed E-state index contributed by atoms with van der Waals surface area (Å²) in [5.74, 6) is -0.481. The van der Waals surface area contributed by atoms with E-state index in [0.717, 1.165) is 16.9 Å². The number of ether oxygens (including phenoxy) is 1. The van der Waals surface area contributed by atoms with Crippen molar-refractivity contribution in [2.24, 2.45) is 5.73 Å². The van der Waals surface area contributed by atoms with Crippen LogP contribution < -0.4 is 21.1 Å². The highest BCUT2D eigenvalue weighted by molar-refractivity contribution is 7.19. The maximum Gasteiger partial charge on any atom is 0.261 e. The van der Waals surface area contributed by atoms with Crippen LogP contribution in [0.5, 0.6) is 5.75 Å². The molecule has 1 heterocycles. The zero-order chi connectivity index (χ0) is 15.6. The summed E-state index contributed by atoms with van der Waals surface area (Å²) in [6.45, 7) is 0.451. The topological polar surface area (TPSA) is 81.6 Å². The van der Waals surface area contributed by atoms with Crippen LogP contribution in [0.1, 0.15) is 15.2 Å². The van der Waals surface area contributed by atoms with Gasteiger partial charge in [0.2, 0.25) is 0 Å². The van der Waals surface area contributed by atoms with Crippen LogP contribution in [0, 0.1) is 5.82 Å². The molecule has 5 nitrogen and oxygen atoms in total. The van der Waals surface area contributed by atoms with Gasteiger partial charge in [0.15, 0.2) is 5.75 Å². The Hall–Kier alpha value is -2.28. The predicted octanol–water partition coefficient (Wildman–Crippen LogP) is 2.21. The minimum absolute atomic E-state index is 0.232. The second-order valence-electron chi connectivity index (χ2n) is 4.53. The van der Waals surface area contributed by atoms with Crippen LogP contribution in [0.25, 0.3) is 0 Å². The molecule has 1 aromatic heterocycles. The third-order valence-electron chi connectivity index (χ3n) is 2.97. The molecule has 0 saturated carbocycles. The molecule has 2 aromatic rings. The summed E-state index contributed by atoms with van der Waals surface area (Å²) < 4.78 is 18.5. The molecular formula is C14H16FN3O2S. The molecule has 2 rings (SSSR count). The van der Waals surface area contributed by atoms with Gasteiger partial charge in [0.1, 0.15) is 21.4 Å². The first-order chi connectivity index (χ1) is 9.93. The van der Waals surface area contributed by atoms with Crippen LogP contribution in [0.3, 0.4) is 0 Å². The van der Waals surface area contributed by atoms with Crippen molar-refractivity contribution < 1.29 is 13.9 Å². The Bertz CT molecular complexity index is 672. The van der Waals surface area contributed by atoms with E-state index in [1.807, 2.05) is 18.0 Å². The molecule has 4 N–H and O–H groups in total. The average molecular weight is 309 g/mol. The Kier molecular flexibility index (Phi) is 4.32. The Morgan fingerprint density at radius 2 is 2.19 bits per heavy atom. The van der Waals surface area contributed by atoms with Crippen LogP contribution in [0.4, 0.5) is 15.1 Å². The smallest absolute Gasteiger partial charge is 0.261 e. The van der Waals surface area contributed by atoms with E-state index in [1.54, 1.807) is 6.07 Å². The van der Waals surface area contributed by atoms with Gasteiger partial charge in [-0.05, 0) is 17.7 Å². The van der Waals surface area contributed by atoms with E-state index in [1.165, 1.54) is 19.2 Å². The van der Waals surface area contributed by atoms with Gasteiger partial charge >= 0.3 is 0 Å². The number of methoxy groups -OCH3 is 1. The lowest BCUT2D eigenvalue weighted by atomic mass is 10.2. The van der Waals surface area contributed by atoms with Gasteiger partial charge in [0, 0.05) is 13.6 Å². The molecule has 0 aliphatic rings. The first kappa shape index (κ1) is 15.1. The first-order valence-electron chi connectivity index (χ1n) is 6.15. The average Bonchev–Trinajstić information content (AvgIpc) is 2.75. The molecule has 0 atom stereocenters. The third kappa shape index (κ3) is 3.08. The summed E-state index contributed by atoms with van der Waals surface area (Å²) in [6, 6.07) is 6.30. The Morgan fingerprint density at radius 3 is 2.76 bits per heavy atom. The molecule has 0 spiro atoms. The van der Waals surface area contributed by atoms with Crippen molar-refractivity contribution in [1.29, 1.82) is 0 Å². The van der Waals surface area contributed by atoms with E-state index in [9.17, 15) is 9.18 Å². The molecular weight excluding hydrogens is 293 g/mol. The Morgan fingerprint density at radius 1 is 1.48 bits per heavy atom. The summed E-state index contributed by atoms with van der Waals surface area (Å²) in [4.78, 5) is 13.4. The zero-order valence-corrected chi connectivity index (χ0v) is 12.5. The summed E-state index contributed by atoms with van der Waals surface area (Å²) >= 11 is 1.16. The molecule has 0 aliphatic heterocycles. The number of nitrogens with zero attached hydrogens (tertiary/aromatic N) is 1. The van der Waals surface area contributed by atoms with Gasteiger partial charge in [0.25, 0.3) is 5.91 Å². The van der Waals surface area contributed by atoms with E-state index in [-0.39, 0.29) is 16.4 Å². The van der Waals surface area contributed by atoms with Crippen molar-refractivity contribution in [3.63, 3.8) is 0 Å². The highest BCUT2D eigenvalue weighted by Gasteiger charge is 2.22. The fourth-order valence-electron chi connectivity index (χ4n) is 2.03. The standard InChI is InChI=1S/C14H16FN3O2S/c1-18(7-8-4-3-5-9(15)6-8)14-11(20-2)10(16)12(21-14)13(17)19/h3-6H,7,16H2,1-2H3,(H2,17,19). The summed E-state index contributed by atoms with van der Waals surface area (Å²) in [6.07, 6.45) is 0. The quantitative estimate of drug-likeness (QED) is 0.887. The summed E-state index contributed by atoms with van der Waals surface area (Å²) in [7, 11) is 3.28. The lowest BCUT2D eigenvalue weighted by Gasteiger charge is -2.18. The van der Waals surface area contributed by atoms with Gasteiger partial charge < -0.3 is 21.1 Å². The number of rotatable bonds is 5. The lowest BCUT2D eigenvalue weighted by Crippen LogP contribution is -2.16. The van der Waals surface area contributed by atoms with Crippen molar-refractivity contribution in [3.8, 4) is 5.75 Å². The number of hydrogen-bond acceptors (Lipinski definition) is 5. The van der Waals surface area contributed by atoms with Gasteiger partial charge in [-0.1, -0.05) is 12.1 Å². The monoisotopic (exact) mass is 309 g/mol. The largest absolute Gasteiger partial charge is 0.492 e. The molecule has 0 radical (unpaired) electrons. The lowest BCUT2D eigenvalue weighted by molar-refractivity contribution is 0.100. The van der Waals surface area contributed by atoms with Crippen molar-refractivity contribution in [2.45, 2.75) is 6.54 Å². The molecule has 0 bridgehead atoms. The molecule has 0 aliphatic carbocycles. The first-order valence-corrected chi connectivity index (χ1v) is 6.97. The van der Waals surface area contributed by atoms with Gasteiger partial charge in [-0.3, -0.25) is 4.79 Å². The molecule has 0 unspecified atom stereocenters.